The first kappa shape index (κ1) is 11.0. The molecule has 1 aliphatic rings. The van der Waals surface area contributed by atoms with Crippen molar-refractivity contribution in [3.05, 3.63) is 29.8 Å². The van der Waals surface area contributed by atoms with Crippen molar-refractivity contribution >= 4 is 5.91 Å². The number of nitrogens with zero attached hydrogens (tertiary/aromatic N) is 2. The Balaban J connectivity index is 2.05. The Morgan fingerprint density at radius 3 is 3.00 bits per heavy atom. The molecule has 0 radical (unpaired) electrons. The summed E-state index contributed by atoms with van der Waals surface area (Å²) in [4.78, 5) is 17.2. The molecule has 1 amide bonds. The molecule has 1 fully saturated rings. The predicted molar refractivity (Wildman–Crippen MR) is 57.6 cm³/mol. The Kier molecular flexibility index (Phi) is 3.14. The van der Waals surface area contributed by atoms with Crippen molar-refractivity contribution in [2.75, 3.05) is 20.1 Å². The summed E-state index contributed by atoms with van der Waals surface area (Å²) in [5.41, 5.74) is 0.443. The van der Waals surface area contributed by atoms with E-state index >= 15 is 0 Å². The number of rotatable bonds is 2. The topological polar surface area (TPSA) is 45.2 Å². The summed E-state index contributed by atoms with van der Waals surface area (Å²) in [7, 11) is 1.89. The molecule has 0 spiro atoms. The normalized spacial score (nSPS) is 20.1. The van der Waals surface area contributed by atoms with Gasteiger partial charge in [-0.3, -0.25) is 4.79 Å². The third kappa shape index (κ3) is 2.19. The summed E-state index contributed by atoms with van der Waals surface area (Å²) in [6.07, 6.45) is 2.24. The minimum absolute atomic E-state index is 0.0785. The highest BCUT2D eigenvalue weighted by molar-refractivity contribution is 5.94. The second-order valence-electron chi connectivity index (χ2n) is 3.90. The maximum atomic E-state index is 12.6. The predicted octanol–water partition coefficient (Wildman–Crippen LogP) is 0.655. The lowest BCUT2D eigenvalue weighted by Crippen LogP contribution is -2.33. The smallest absolute Gasteiger partial charge is 0.255 e. The maximum Gasteiger partial charge on any atom is 0.255 e. The van der Waals surface area contributed by atoms with Gasteiger partial charge in [0.1, 0.15) is 0 Å². The van der Waals surface area contributed by atoms with Crippen molar-refractivity contribution in [3.63, 3.8) is 0 Å². The number of likely N-dealkylation sites (tertiary alicyclic amines) is 1. The molecule has 1 aromatic rings. The van der Waals surface area contributed by atoms with Gasteiger partial charge in [0, 0.05) is 25.3 Å². The van der Waals surface area contributed by atoms with Gasteiger partial charge in [0.05, 0.1) is 5.56 Å². The van der Waals surface area contributed by atoms with Gasteiger partial charge in [-0.05, 0) is 25.6 Å². The molecule has 5 heteroatoms. The number of nitrogens with one attached hydrogen (secondary N) is 1. The van der Waals surface area contributed by atoms with E-state index in [-0.39, 0.29) is 5.91 Å². The van der Waals surface area contributed by atoms with Crippen molar-refractivity contribution in [1.82, 2.24) is 15.2 Å². The average Bonchev–Trinajstić information content (AvgIpc) is 2.77. The van der Waals surface area contributed by atoms with E-state index in [1.54, 1.807) is 4.90 Å². The van der Waals surface area contributed by atoms with Crippen LogP contribution >= 0.6 is 0 Å². The van der Waals surface area contributed by atoms with Crippen LogP contribution in [-0.4, -0.2) is 42.0 Å². The SMILES string of the molecule is CNC1CCN(C(=O)c2ccc(F)nc2)C1. The lowest BCUT2D eigenvalue weighted by Gasteiger charge is -2.16. The van der Waals surface area contributed by atoms with Crippen LogP contribution in [0.15, 0.2) is 18.3 Å². The van der Waals surface area contributed by atoms with Gasteiger partial charge in [-0.1, -0.05) is 0 Å². The fraction of sp³-hybridized carbons (Fsp3) is 0.455. The highest BCUT2D eigenvalue weighted by Crippen LogP contribution is 2.12. The Bertz CT molecular complexity index is 379. The number of halogens is 1. The Hall–Kier alpha value is -1.49. The maximum absolute atomic E-state index is 12.6. The summed E-state index contributed by atoms with van der Waals surface area (Å²) in [5, 5.41) is 3.14. The molecule has 0 bridgehead atoms. The Labute approximate surface area is 93.5 Å². The van der Waals surface area contributed by atoms with Crippen molar-refractivity contribution in [3.8, 4) is 0 Å². The number of carbonyl (C=O) groups excluding carboxylic acids is 1. The van der Waals surface area contributed by atoms with Crippen molar-refractivity contribution in [2.24, 2.45) is 0 Å². The second kappa shape index (κ2) is 4.57. The average molecular weight is 223 g/mol. The molecule has 1 saturated heterocycles. The van der Waals surface area contributed by atoms with Crippen LogP contribution in [-0.2, 0) is 0 Å². The van der Waals surface area contributed by atoms with E-state index < -0.39 is 5.95 Å². The molecule has 1 atom stereocenters. The van der Waals surface area contributed by atoms with Gasteiger partial charge < -0.3 is 10.2 Å². The number of aromatic nitrogens is 1. The van der Waals surface area contributed by atoms with Crippen LogP contribution in [0.2, 0.25) is 0 Å². The van der Waals surface area contributed by atoms with Gasteiger partial charge in [0.2, 0.25) is 5.95 Å². The fourth-order valence-electron chi connectivity index (χ4n) is 1.87. The summed E-state index contributed by atoms with van der Waals surface area (Å²) in [5.74, 6) is -0.642. The molecule has 0 aliphatic carbocycles. The molecule has 0 saturated carbocycles. The molecule has 86 valence electrons. The second-order valence-corrected chi connectivity index (χ2v) is 3.90. The zero-order chi connectivity index (χ0) is 11.5. The number of pyridine rings is 1. The van der Waals surface area contributed by atoms with Crippen molar-refractivity contribution in [2.45, 2.75) is 12.5 Å². The highest BCUT2D eigenvalue weighted by atomic mass is 19.1. The molecule has 1 aliphatic heterocycles. The summed E-state index contributed by atoms with van der Waals surface area (Å²) >= 11 is 0. The zero-order valence-corrected chi connectivity index (χ0v) is 9.11. The number of hydrogen-bond acceptors (Lipinski definition) is 3. The largest absolute Gasteiger partial charge is 0.337 e. The van der Waals surface area contributed by atoms with Gasteiger partial charge in [-0.25, -0.2) is 4.98 Å². The number of hydrogen-bond donors (Lipinski definition) is 1. The van der Waals surface area contributed by atoms with Crippen LogP contribution in [0.5, 0.6) is 0 Å². The van der Waals surface area contributed by atoms with Crippen LogP contribution in [0, 0.1) is 5.95 Å². The van der Waals surface area contributed by atoms with E-state index in [0.29, 0.717) is 18.2 Å². The van der Waals surface area contributed by atoms with Gasteiger partial charge in [0.25, 0.3) is 5.91 Å². The molecule has 1 unspecified atom stereocenters. The molecule has 2 rings (SSSR count). The first-order valence-electron chi connectivity index (χ1n) is 5.29. The minimum Gasteiger partial charge on any atom is -0.337 e. The van der Waals surface area contributed by atoms with Gasteiger partial charge >= 0.3 is 0 Å². The molecule has 16 heavy (non-hydrogen) atoms. The molecule has 2 heterocycles. The van der Waals surface area contributed by atoms with E-state index in [9.17, 15) is 9.18 Å². The molecule has 1 N–H and O–H groups in total. The zero-order valence-electron chi connectivity index (χ0n) is 9.11. The van der Waals surface area contributed by atoms with Gasteiger partial charge in [0.15, 0.2) is 0 Å². The van der Waals surface area contributed by atoms with Crippen molar-refractivity contribution < 1.29 is 9.18 Å². The van der Waals surface area contributed by atoms with Crippen LogP contribution in [0.3, 0.4) is 0 Å². The summed E-state index contributed by atoms with van der Waals surface area (Å²) in [6.45, 7) is 1.44. The molecular formula is C11H14FN3O. The number of likely N-dealkylation sites (N-methyl/N-ethyl adjacent to an activating group) is 1. The first-order valence-corrected chi connectivity index (χ1v) is 5.29. The van der Waals surface area contributed by atoms with E-state index in [2.05, 4.69) is 10.3 Å². The molecular weight excluding hydrogens is 209 g/mol. The highest BCUT2D eigenvalue weighted by Gasteiger charge is 2.25. The van der Waals surface area contributed by atoms with Crippen LogP contribution in [0.25, 0.3) is 0 Å². The Morgan fingerprint density at radius 2 is 2.44 bits per heavy atom. The van der Waals surface area contributed by atoms with E-state index in [0.717, 1.165) is 13.0 Å². The summed E-state index contributed by atoms with van der Waals surface area (Å²) in [6, 6.07) is 3.04. The first-order chi connectivity index (χ1) is 7.70. The summed E-state index contributed by atoms with van der Waals surface area (Å²) < 4.78 is 12.6. The monoisotopic (exact) mass is 223 g/mol. The lowest BCUT2D eigenvalue weighted by molar-refractivity contribution is 0.0789. The van der Waals surface area contributed by atoms with E-state index in [1.165, 1.54) is 18.3 Å². The molecule has 1 aromatic heterocycles. The minimum atomic E-state index is -0.564. The Morgan fingerprint density at radius 1 is 1.62 bits per heavy atom. The molecule has 0 aromatic carbocycles. The third-order valence-electron chi connectivity index (χ3n) is 2.86. The quantitative estimate of drug-likeness (QED) is 0.749. The standard InChI is InChI=1S/C11H14FN3O/c1-13-9-4-5-15(7-9)11(16)8-2-3-10(12)14-6-8/h2-3,6,9,13H,4-5,7H2,1H3. The lowest BCUT2D eigenvalue weighted by atomic mass is 10.2. The van der Waals surface area contributed by atoms with E-state index in [1.807, 2.05) is 7.05 Å². The fourth-order valence-corrected chi connectivity index (χ4v) is 1.87. The van der Waals surface area contributed by atoms with Gasteiger partial charge in [-0.15, -0.1) is 0 Å². The van der Waals surface area contributed by atoms with Crippen LogP contribution in [0.4, 0.5) is 4.39 Å². The van der Waals surface area contributed by atoms with Crippen molar-refractivity contribution in [1.29, 1.82) is 0 Å². The van der Waals surface area contributed by atoms with Gasteiger partial charge in [-0.2, -0.15) is 4.39 Å². The van der Waals surface area contributed by atoms with Crippen LogP contribution in [0.1, 0.15) is 16.8 Å². The molecule has 4 nitrogen and oxygen atoms in total. The van der Waals surface area contributed by atoms with Crippen LogP contribution < -0.4 is 5.32 Å². The number of amides is 1. The third-order valence-corrected chi connectivity index (χ3v) is 2.86. The van der Waals surface area contributed by atoms with E-state index in [4.69, 9.17) is 0 Å². The number of carbonyl (C=O) groups is 1.